The van der Waals surface area contributed by atoms with Gasteiger partial charge in [0.2, 0.25) is 0 Å². The Bertz CT molecular complexity index is 604. The minimum absolute atomic E-state index is 0.0581. The molecule has 1 amide bonds. The van der Waals surface area contributed by atoms with Crippen LogP contribution in [-0.2, 0) is 0 Å². The van der Waals surface area contributed by atoms with E-state index < -0.39 is 0 Å². The van der Waals surface area contributed by atoms with Crippen LogP contribution in [0.5, 0.6) is 11.5 Å². The first kappa shape index (κ1) is 18.9. The standard InChI is InChI=1S/C18H27ClN2O3/c1-5-8-24-16-13(19)9-12(10-14(16)23-4)17(22)21-7-6-15(20)18(2,3)11-21/h9-10,15H,5-8,11,20H2,1-4H3. The molecule has 1 aromatic carbocycles. The third-order valence-corrected chi connectivity index (χ3v) is 4.81. The van der Waals surface area contributed by atoms with Crippen molar-refractivity contribution in [1.29, 1.82) is 0 Å². The highest BCUT2D eigenvalue weighted by atomic mass is 35.5. The minimum Gasteiger partial charge on any atom is -0.493 e. The fraction of sp³-hybridized carbons (Fsp3) is 0.611. The van der Waals surface area contributed by atoms with Gasteiger partial charge in [0.15, 0.2) is 11.5 Å². The summed E-state index contributed by atoms with van der Waals surface area (Å²) in [7, 11) is 1.54. The van der Waals surface area contributed by atoms with Crippen molar-refractivity contribution >= 4 is 17.5 Å². The summed E-state index contributed by atoms with van der Waals surface area (Å²) in [5, 5.41) is 0.388. The van der Waals surface area contributed by atoms with E-state index in [2.05, 4.69) is 13.8 Å². The van der Waals surface area contributed by atoms with E-state index in [0.29, 0.717) is 41.8 Å². The summed E-state index contributed by atoms with van der Waals surface area (Å²) in [4.78, 5) is 14.7. The average molecular weight is 355 g/mol. The first-order valence-electron chi connectivity index (χ1n) is 8.35. The van der Waals surface area contributed by atoms with E-state index in [1.165, 1.54) is 0 Å². The number of rotatable bonds is 5. The van der Waals surface area contributed by atoms with Crippen molar-refractivity contribution in [2.24, 2.45) is 11.1 Å². The molecule has 0 spiro atoms. The van der Waals surface area contributed by atoms with Gasteiger partial charge >= 0.3 is 0 Å². The molecule has 1 heterocycles. The predicted molar refractivity (Wildman–Crippen MR) is 96.1 cm³/mol. The van der Waals surface area contributed by atoms with Gasteiger partial charge < -0.3 is 20.1 Å². The van der Waals surface area contributed by atoms with Crippen LogP contribution in [0.3, 0.4) is 0 Å². The zero-order chi connectivity index (χ0) is 17.9. The largest absolute Gasteiger partial charge is 0.493 e. The molecule has 2 N–H and O–H groups in total. The second-order valence-corrected chi connectivity index (χ2v) is 7.36. The SMILES string of the molecule is CCCOc1c(Cl)cc(C(=O)N2CCC(N)C(C)(C)C2)cc1OC. The maximum Gasteiger partial charge on any atom is 0.254 e. The molecule has 1 aromatic rings. The van der Waals surface area contributed by atoms with E-state index in [9.17, 15) is 4.79 Å². The number of methoxy groups -OCH3 is 1. The Kier molecular flexibility index (Phi) is 5.99. The number of benzene rings is 1. The normalized spacial score (nSPS) is 19.9. The number of nitrogens with two attached hydrogens (primary N) is 1. The quantitative estimate of drug-likeness (QED) is 0.880. The van der Waals surface area contributed by atoms with Gasteiger partial charge in [0, 0.05) is 24.7 Å². The highest BCUT2D eigenvalue weighted by molar-refractivity contribution is 6.32. The fourth-order valence-electron chi connectivity index (χ4n) is 2.92. The van der Waals surface area contributed by atoms with Crippen molar-refractivity contribution < 1.29 is 14.3 Å². The van der Waals surface area contributed by atoms with E-state index in [0.717, 1.165) is 12.8 Å². The van der Waals surface area contributed by atoms with Crippen molar-refractivity contribution in [3.8, 4) is 11.5 Å². The van der Waals surface area contributed by atoms with Crippen molar-refractivity contribution in [3.63, 3.8) is 0 Å². The van der Waals surface area contributed by atoms with Gasteiger partial charge in [-0.2, -0.15) is 0 Å². The van der Waals surface area contributed by atoms with Crippen molar-refractivity contribution in [1.82, 2.24) is 4.90 Å². The Labute approximate surface area is 149 Å². The minimum atomic E-state index is -0.105. The fourth-order valence-corrected chi connectivity index (χ4v) is 3.18. The summed E-state index contributed by atoms with van der Waals surface area (Å²) in [6.07, 6.45) is 1.66. The lowest BCUT2D eigenvalue weighted by Crippen LogP contribution is -2.54. The lowest BCUT2D eigenvalue weighted by atomic mass is 9.79. The molecule has 134 valence electrons. The number of carbonyl (C=O) groups excluding carboxylic acids is 1. The molecule has 0 bridgehead atoms. The molecule has 2 rings (SSSR count). The molecule has 1 aliphatic heterocycles. The average Bonchev–Trinajstić information content (AvgIpc) is 2.54. The van der Waals surface area contributed by atoms with Crippen LogP contribution >= 0.6 is 11.6 Å². The Hall–Kier alpha value is -1.46. The third kappa shape index (κ3) is 3.95. The molecular formula is C18H27ClN2O3. The number of carbonyl (C=O) groups is 1. The molecule has 0 radical (unpaired) electrons. The Morgan fingerprint density at radius 3 is 2.75 bits per heavy atom. The molecule has 6 heteroatoms. The van der Waals surface area contributed by atoms with Gasteiger partial charge in [-0.3, -0.25) is 4.79 Å². The Morgan fingerprint density at radius 2 is 2.17 bits per heavy atom. The van der Waals surface area contributed by atoms with Crippen LogP contribution in [0.4, 0.5) is 0 Å². The molecule has 0 aromatic heterocycles. The summed E-state index contributed by atoms with van der Waals surface area (Å²) in [5.41, 5.74) is 6.56. The molecule has 0 saturated carbocycles. The Balaban J connectivity index is 2.25. The maximum absolute atomic E-state index is 12.9. The molecule has 5 nitrogen and oxygen atoms in total. The van der Waals surface area contributed by atoms with Gasteiger partial charge in [-0.05, 0) is 30.4 Å². The molecule has 1 atom stereocenters. The van der Waals surface area contributed by atoms with Gasteiger partial charge in [0.05, 0.1) is 18.7 Å². The number of ether oxygens (including phenoxy) is 2. The lowest BCUT2D eigenvalue weighted by Gasteiger charge is -2.42. The number of amides is 1. The van der Waals surface area contributed by atoms with Gasteiger partial charge in [-0.1, -0.05) is 32.4 Å². The van der Waals surface area contributed by atoms with E-state index in [1.54, 1.807) is 19.2 Å². The molecule has 0 aliphatic carbocycles. The number of piperidine rings is 1. The summed E-state index contributed by atoms with van der Waals surface area (Å²) >= 11 is 6.32. The molecule has 1 saturated heterocycles. The Morgan fingerprint density at radius 1 is 1.46 bits per heavy atom. The zero-order valence-corrected chi connectivity index (χ0v) is 15.7. The summed E-state index contributed by atoms with van der Waals surface area (Å²) < 4.78 is 11.0. The van der Waals surface area contributed by atoms with Crippen molar-refractivity contribution in [2.45, 2.75) is 39.7 Å². The van der Waals surface area contributed by atoms with E-state index in [1.807, 2.05) is 11.8 Å². The van der Waals surface area contributed by atoms with E-state index in [-0.39, 0.29) is 17.4 Å². The van der Waals surface area contributed by atoms with Crippen LogP contribution < -0.4 is 15.2 Å². The van der Waals surface area contributed by atoms with Crippen molar-refractivity contribution in [3.05, 3.63) is 22.7 Å². The van der Waals surface area contributed by atoms with E-state index >= 15 is 0 Å². The van der Waals surface area contributed by atoms with E-state index in [4.69, 9.17) is 26.8 Å². The predicted octanol–water partition coefficient (Wildman–Crippen LogP) is 3.34. The lowest BCUT2D eigenvalue weighted by molar-refractivity contribution is 0.0532. The molecule has 1 unspecified atom stereocenters. The molecular weight excluding hydrogens is 328 g/mol. The van der Waals surface area contributed by atoms with Crippen LogP contribution in [0.15, 0.2) is 12.1 Å². The number of nitrogens with zero attached hydrogens (tertiary/aromatic N) is 1. The van der Waals surface area contributed by atoms with Gasteiger partial charge in [0.25, 0.3) is 5.91 Å². The number of likely N-dealkylation sites (tertiary alicyclic amines) is 1. The summed E-state index contributed by atoms with van der Waals surface area (Å²) in [6, 6.07) is 3.45. The highest BCUT2D eigenvalue weighted by Crippen LogP contribution is 2.37. The van der Waals surface area contributed by atoms with Gasteiger partial charge in [-0.25, -0.2) is 0 Å². The van der Waals surface area contributed by atoms with Crippen LogP contribution in [0.2, 0.25) is 5.02 Å². The third-order valence-electron chi connectivity index (χ3n) is 4.53. The smallest absolute Gasteiger partial charge is 0.254 e. The zero-order valence-electron chi connectivity index (χ0n) is 14.9. The van der Waals surface area contributed by atoms with Crippen LogP contribution in [-0.4, -0.2) is 43.7 Å². The highest BCUT2D eigenvalue weighted by Gasteiger charge is 2.35. The van der Waals surface area contributed by atoms with Crippen LogP contribution in [0.1, 0.15) is 44.0 Å². The summed E-state index contributed by atoms with van der Waals surface area (Å²) in [6.45, 7) is 8.01. The number of hydrogen-bond donors (Lipinski definition) is 1. The first-order valence-corrected chi connectivity index (χ1v) is 8.73. The van der Waals surface area contributed by atoms with Crippen LogP contribution in [0, 0.1) is 5.41 Å². The first-order chi connectivity index (χ1) is 11.3. The van der Waals surface area contributed by atoms with Crippen molar-refractivity contribution in [2.75, 3.05) is 26.8 Å². The molecule has 1 fully saturated rings. The molecule has 1 aliphatic rings. The maximum atomic E-state index is 12.9. The topological polar surface area (TPSA) is 64.8 Å². The van der Waals surface area contributed by atoms with Gasteiger partial charge in [0.1, 0.15) is 0 Å². The monoisotopic (exact) mass is 354 g/mol. The number of halogens is 1. The second kappa shape index (κ2) is 7.62. The number of hydrogen-bond acceptors (Lipinski definition) is 4. The molecule has 24 heavy (non-hydrogen) atoms. The summed E-state index contributed by atoms with van der Waals surface area (Å²) in [5.74, 6) is 0.906. The van der Waals surface area contributed by atoms with Gasteiger partial charge in [-0.15, -0.1) is 0 Å². The second-order valence-electron chi connectivity index (χ2n) is 6.95. The van der Waals surface area contributed by atoms with Crippen LogP contribution in [0.25, 0.3) is 0 Å².